The quantitative estimate of drug-likeness (QED) is 0.595. The molecule has 0 aromatic heterocycles. The summed E-state index contributed by atoms with van der Waals surface area (Å²) < 4.78 is 0. The number of amides is 2. The van der Waals surface area contributed by atoms with E-state index in [4.69, 9.17) is 0 Å². The van der Waals surface area contributed by atoms with Crippen LogP contribution in [0.5, 0.6) is 0 Å². The average molecular weight is 261 g/mol. The van der Waals surface area contributed by atoms with Gasteiger partial charge in [-0.05, 0) is 43.4 Å². The normalized spacial score (nSPS) is 47.5. The summed E-state index contributed by atoms with van der Waals surface area (Å²) in [6, 6.07) is 0. The first-order valence-electron chi connectivity index (χ1n) is 7.36. The Kier molecular flexibility index (Phi) is 2.40. The van der Waals surface area contributed by atoms with Crippen molar-refractivity contribution < 1.29 is 14.7 Å². The van der Waals surface area contributed by atoms with E-state index >= 15 is 0 Å². The highest BCUT2D eigenvalue weighted by Crippen LogP contribution is 2.52. The van der Waals surface area contributed by atoms with Crippen molar-refractivity contribution in [3.05, 3.63) is 12.2 Å². The molecule has 3 fully saturated rings. The number of hydrogen-bond acceptors (Lipinski definition) is 3. The first kappa shape index (κ1) is 11.6. The van der Waals surface area contributed by atoms with Gasteiger partial charge < -0.3 is 5.11 Å². The van der Waals surface area contributed by atoms with Gasteiger partial charge >= 0.3 is 0 Å². The summed E-state index contributed by atoms with van der Waals surface area (Å²) in [5, 5.41) is 9.56. The number of imide groups is 1. The molecule has 1 heterocycles. The summed E-state index contributed by atoms with van der Waals surface area (Å²) in [5.74, 6) is 0.840. The zero-order valence-electron chi connectivity index (χ0n) is 10.9. The van der Waals surface area contributed by atoms with Crippen molar-refractivity contribution in [2.24, 2.45) is 29.6 Å². The maximum absolute atomic E-state index is 12.5. The minimum Gasteiger partial charge on any atom is -0.393 e. The molecule has 6 unspecified atom stereocenters. The fourth-order valence-electron chi connectivity index (χ4n) is 4.62. The molecule has 3 aliphatic carbocycles. The van der Waals surface area contributed by atoms with Crippen LogP contribution in [0.1, 0.15) is 25.7 Å². The van der Waals surface area contributed by atoms with E-state index in [0.29, 0.717) is 24.3 Å². The number of carbonyl (C=O) groups excluding carboxylic acids is 2. The third-order valence-electron chi connectivity index (χ3n) is 5.52. The number of hydrogen-bond donors (Lipinski definition) is 1. The van der Waals surface area contributed by atoms with Crippen molar-refractivity contribution >= 4 is 11.8 Å². The van der Waals surface area contributed by atoms with Gasteiger partial charge in [0.2, 0.25) is 11.8 Å². The first-order chi connectivity index (χ1) is 9.15. The van der Waals surface area contributed by atoms with Gasteiger partial charge in [0.05, 0.1) is 17.9 Å². The number of carbonyl (C=O) groups is 2. The van der Waals surface area contributed by atoms with Crippen molar-refractivity contribution in [1.29, 1.82) is 0 Å². The molecular formula is C15H19NO3. The second-order valence-electron chi connectivity index (χ2n) is 6.62. The second kappa shape index (κ2) is 3.92. The van der Waals surface area contributed by atoms with Crippen molar-refractivity contribution in [3.63, 3.8) is 0 Å². The van der Waals surface area contributed by atoms with Crippen LogP contribution in [0.25, 0.3) is 0 Å². The third kappa shape index (κ3) is 1.55. The summed E-state index contributed by atoms with van der Waals surface area (Å²) in [6.45, 7) is 0.529. The second-order valence-corrected chi connectivity index (χ2v) is 6.62. The van der Waals surface area contributed by atoms with Gasteiger partial charge in [-0.3, -0.25) is 14.5 Å². The Morgan fingerprint density at radius 2 is 1.68 bits per heavy atom. The SMILES string of the molecule is O=C1C2C3C=CC(C3)C2C(=O)N1CC1CCC(O)C1. The largest absolute Gasteiger partial charge is 0.393 e. The molecule has 1 aliphatic heterocycles. The predicted molar refractivity (Wildman–Crippen MR) is 67.8 cm³/mol. The molecule has 1 saturated heterocycles. The molecule has 0 spiro atoms. The molecule has 4 rings (SSSR count). The maximum Gasteiger partial charge on any atom is 0.233 e. The zero-order chi connectivity index (χ0) is 13.1. The number of allylic oxidation sites excluding steroid dienone is 2. The van der Waals surface area contributed by atoms with Crippen LogP contribution in [-0.2, 0) is 9.59 Å². The number of aliphatic hydroxyl groups is 1. The van der Waals surface area contributed by atoms with Gasteiger partial charge in [0.1, 0.15) is 0 Å². The maximum atomic E-state index is 12.5. The topological polar surface area (TPSA) is 57.6 Å². The van der Waals surface area contributed by atoms with Crippen molar-refractivity contribution in [1.82, 2.24) is 4.90 Å². The molecule has 19 heavy (non-hydrogen) atoms. The van der Waals surface area contributed by atoms with Gasteiger partial charge in [-0.15, -0.1) is 0 Å². The molecule has 2 saturated carbocycles. The summed E-state index contributed by atoms with van der Waals surface area (Å²) in [4.78, 5) is 26.4. The van der Waals surface area contributed by atoms with Crippen molar-refractivity contribution in [2.45, 2.75) is 31.8 Å². The van der Waals surface area contributed by atoms with Crippen LogP contribution in [0.15, 0.2) is 12.2 Å². The van der Waals surface area contributed by atoms with Crippen LogP contribution in [0, 0.1) is 29.6 Å². The van der Waals surface area contributed by atoms with Gasteiger partial charge in [0.25, 0.3) is 0 Å². The molecule has 4 nitrogen and oxygen atoms in total. The summed E-state index contributed by atoms with van der Waals surface area (Å²) in [7, 11) is 0. The summed E-state index contributed by atoms with van der Waals surface area (Å²) in [6.07, 6.45) is 7.47. The standard InChI is InChI=1S/C15H19NO3/c17-11-4-1-8(5-11)7-16-14(18)12-9-2-3-10(6-9)13(12)15(16)19/h2-3,8-13,17H,1,4-7H2. The summed E-state index contributed by atoms with van der Waals surface area (Å²) >= 11 is 0. The lowest BCUT2D eigenvalue weighted by molar-refractivity contribution is -0.141. The van der Waals surface area contributed by atoms with E-state index in [9.17, 15) is 14.7 Å². The molecule has 0 aromatic carbocycles. The molecule has 4 aliphatic rings. The number of aliphatic hydroxyl groups excluding tert-OH is 1. The predicted octanol–water partition coefficient (Wildman–Crippen LogP) is 0.955. The highest BCUT2D eigenvalue weighted by Gasteiger charge is 2.59. The molecule has 4 heteroatoms. The van der Waals surface area contributed by atoms with Crippen LogP contribution >= 0.6 is 0 Å². The van der Waals surface area contributed by atoms with Crippen LogP contribution in [0.2, 0.25) is 0 Å². The van der Waals surface area contributed by atoms with E-state index in [1.165, 1.54) is 4.90 Å². The lowest BCUT2D eigenvalue weighted by Gasteiger charge is -2.20. The zero-order valence-corrected chi connectivity index (χ0v) is 10.9. The average Bonchev–Trinajstić information content (AvgIpc) is 3.11. The van der Waals surface area contributed by atoms with E-state index < -0.39 is 0 Å². The Balaban J connectivity index is 1.52. The van der Waals surface area contributed by atoms with Crippen LogP contribution in [0.4, 0.5) is 0 Å². The number of fused-ring (bicyclic) bond motifs is 5. The molecule has 1 N–H and O–H groups in total. The lowest BCUT2D eigenvalue weighted by atomic mass is 9.85. The summed E-state index contributed by atoms with van der Waals surface area (Å²) in [5.41, 5.74) is 0. The van der Waals surface area contributed by atoms with Crippen LogP contribution in [0.3, 0.4) is 0 Å². The fourth-order valence-corrected chi connectivity index (χ4v) is 4.62. The smallest absolute Gasteiger partial charge is 0.233 e. The van der Waals surface area contributed by atoms with Crippen LogP contribution < -0.4 is 0 Å². The number of likely N-dealkylation sites (tertiary alicyclic amines) is 1. The van der Waals surface area contributed by atoms with Gasteiger partial charge in [-0.25, -0.2) is 0 Å². The number of nitrogens with zero attached hydrogens (tertiary/aromatic N) is 1. The van der Waals surface area contributed by atoms with Gasteiger partial charge in [-0.2, -0.15) is 0 Å². The van der Waals surface area contributed by atoms with E-state index in [1.54, 1.807) is 0 Å². The highest BCUT2D eigenvalue weighted by atomic mass is 16.3. The monoisotopic (exact) mass is 261 g/mol. The Labute approximate surface area is 112 Å². The van der Waals surface area contributed by atoms with Crippen molar-refractivity contribution in [3.8, 4) is 0 Å². The molecule has 2 bridgehead atoms. The minimum atomic E-state index is -0.241. The Hall–Kier alpha value is -1.16. The number of rotatable bonds is 2. The van der Waals surface area contributed by atoms with E-state index in [2.05, 4.69) is 12.2 Å². The van der Waals surface area contributed by atoms with Crippen molar-refractivity contribution in [2.75, 3.05) is 6.54 Å². The van der Waals surface area contributed by atoms with Gasteiger partial charge in [-0.1, -0.05) is 12.2 Å². The fraction of sp³-hybridized carbons (Fsp3) is 0.733. The third-order valence-corrected chi connectivity index (χ3v) is 5.52. The van der Waals surface area contributed by atoms with E-state index in [1.807, 2.05) is 0 Å². The molecule has 102 valence electrons. The van der Waals surface area contributed by atoms with Crippen LogP contribution in [-0.4, -0.2) is 34.5 Å². The van der Waals surface area contributed by atoms with E-state index in [0.717, 1.165) is 25.7 Å². The highest BCUT2D eigenvalue weighted by molar-refractivity contribution is 6.06. The minimum absolute atomic E-state index is 0.0493. The van der Waals surface area contributed by atoms with Gasteiger partial charge in [0, 0.05) is 6.54 Å². The lowest BCUT2D eigenvalue weighted by Crippen LogP contribution is -2.36. The molecular weight excluding hydrogens is 242 g/mol. The van der Waals surface area contributed by atoms with Gasteiger partial charge in [0.15, 0.2) is 0 Å². The van der Waals surface area contributed by atoms with E-state index in [-0.39, 0.29) is 29.8 Å². The first-order valence-corrected chi connectivity index (χ1v) is 7.36. The Morgan fingerprint density at radius 3 is 2.21 bits per heavy atom. The molecule has 0 aromatic rings. The molecule has 6 atom stereocenters. The Bertz CT molecular complexity index is 442. The molecule has 0 radical (unpaired) electrons. The Morgan fingerprint density at radius 1 is 1.05 bits per heavy atom. The molecule has 2 amide bonds.